The first-order valence-corrected chi connectivity index (χ1v) is 7.94. The number of carbonyl (C=O) groups is 3. The maximum absolute atomic E-state index is 11.6. The molecule has 0 aromatic carbocycles. The molecule has 0 aliphatic carbocycles. The lowest BCUT2D eigenvalue weighted by Gasteiger charge is -2.06. The van der Waals surface area contributed by atoms with Crippen molar-refractivity contribution in [1.82, 2.24) is 15.4 Å². The van der Waals surface area contributed by atoms with Gasteiger partial charge in [-0.25, -0.2) is 4.98 Å². The summed E-state index contributed by atoms with van der Waals surface area (Å²) < 4.78 is 33.0. The number of nitrogens with zero attached hydrogens (tertiary/aromatic N) is 3. The fourth-order valence-corrected chi connectivity index (χ4v) is 2.10. The van der Waals surface area contributed by atoms with E-state index in [0.29, 0.717) is 0 Å². The first-order chi connectivity index (χ1) is 12.5. The zero-order valence-corrected chi connectivity index (χ0v) is 14.5. The fraction of sp³-hybridized carbons (Fsp3) is 0.286. The van der Waals surface area contributed by atoms with Crippen LogP contribution < -0.4 is 15.1 Å². The largest absolute Gasteiger partial charge is 0.542 e. The molecule has 1 unspecified atom stereocenters. The number of rotatable bonds is 5. The summed E-state index contributed by atoms with van der Waals surface area (Å²) in [5.74, 6) is -4.48. The first-order valence-electron chi connectivity index (χ1n) is 7.06. The van der Waals surface area contributed by atoms with Gasteiger partial charge < -0.3 is 20.3 Å². The van der Waals surface area contributed by atoms with Crippen LogP contribution in [0.5, 0.6) is 0 Å². The molecule has 13 heteroatoms. The third kappa shape index (κ3) is 7.77. The van der Waals surface area contributed by atoms with Crippen LogP contribution in [0.3, 0.4) is 0 Å². The number of nitrogens with one attached hydrogen (secondary N) is 1. The summed E-state index contributed by atoms with van der Waals surface area (Å²) in [5, 5.41) is 26.7. The van der Waals surface area contributed by atoms with Gasteiger partial charge in [0, 0.05) is 23.2 Å². The molecule has 2 aromatic rings. The van der Waals surface area contributed by atoms with Crippen molar-refractivity contribution < 1.29 is 42.4 Å². The van der Waals surface area contributed by atoms with E-state index in [0.717, 1.165) is 10.6 Å². The van der Waals surface area contributed by atoms with E-state index >= 15 is 0 Å². The van der Waals surface area contributed by atoms with Gasteiger partial charge in [-0.2, -0.15) is 13.2 Å². The van der Waals surface area contributed by atoms with E-state index in [1.54, 1.807) is 24.7 Å². The van der Waals surface area contributed by atoms with Gasteiger partial charge in [0.15, 0.2) is 6.20 Å². The number of alkyl halides is 3. The van der Waals surface area contributed by atoms with Gasteiger partial charge in [0.2, 0.25) is 0 Å². The van der Waals surface area contributed by atoms with Gasteiger partial charge in [0.1, 0.15) is 23.2 Å². The lowest BCUT2D eigenvalue weighted by Crippen LogP contribution is -2.48. The van der Waals surface area contributed by atoms with Crippen molar-refractivity contribution >= 4 is 29.2 Å². The number of hydrogen-bond donors (Lipinski definition) is 2. The smallest absolute Gasteiger partial charge is 0.430 e. The molecule has 0 saturated heterocycles. The van der Waals surface area contributed by atoms with Crippen molar-refractivity contribution in [3.8, 4) is 10.6 Å². The predicted molar refractivity (Wildman–Crippen MR) is 81.8 cm³/mol. The van der Waals surface area contributed by atoms with Gasteiger partial charge in [-0.3, -0.25) is 9.59 Å². The Hall–Kier alpha value is -3.09. The number of amides is 1. The summed E-state index contributed by atoms with van der Waals surface area (Å²) in [4.78, 5) is 35.2. The number of thiazole rings is 1. The summed E-state index contributed by atoms with van der Waals surface area (Å²) >= 11 is 1.50. The highest BCUT2D eigenvalue weighted by Gasteiger charge is 2.28. The number of carbonyl (C=O) groups excluding carboxylic acids is 2. The van der Waals surface area contributed by atoms with Crippen LogP contribution in [0.15, 0.2) is 30.0 Å². The molecule has 27 heavy (non-hydrogen) atoms. The average Bonchev–Trinajstić information content (AvgIpc) is 3.09. The molecule has 0 fully saturated rings. The van der Waals surface area contributed by atoms with Gasteiger partial charge in [0.05, 0.1) is 0 Å². The highest BCUT2D eigenvalue weighted by molar-refractivity contribution is 7.13. The number of hydrogen-bond acceptors (Lipinski definition) is 7. The van der Waals surface area contributed by atoms with Gasteiger partial charge in [-0.05, 0) is 12.0 Å². The molecule has 0 bridgehead atoms. The molecule has 0 radical (unpaired) electrons. The van der Waals surface area contributed by atoms with Crippen molar-refractivity contribution in [3.63, 3.8) is 0 Å². The molecule has 0 aliphatic heterocycles. The molecule has 2 rings (SSSR count). The van der Waals surface area contributed by atoms with E-state index < -0.39 is 30.1 Å². The van der Waals surface area contributed by atoms with Crippen molar-refractivity contribution in [1.29, 1.82) is 0 Å². The number of aromatic nitrogens is 3. The molecule has 1 atom stereocenters. The molecule has 146 valence electrons. The molecule has 0 saturated carbocycles. The zero-order chi connectivity index (χ0) is 20.6. The molecular weight excluding hydrogens is 393 g/mol. The second-order valence-corrected chi connectivity index (χ2v) is 5.76. The molecular formula is C14H13F3N4O5S. The minimum absolute atomic E-state index is 0.0320. The third-order valence-electron chi connectivity index (χ3n) is 2.74. The Balaban J connectivity index is 0.000000445. The standard InChI is InChI=1S/C12H12N4O3S.C2HF3O2/c1-8(12(18)19)15-10(17)7-16-4-2-9(6-14-16)11-13-3-5-20-11;3-2(4,5)1(6)7/h2-6,8H,7H2,1H3,(H-,15,17,18,19);(H,6,7). The zero-order valence-electron chi connectivity index (χ0n) is 13.6. The van der Waals surface area contributed by atoms with Gasteiger partial charge in [-0.15, -0.1) is 11.3 Å². The van der Waals surface area contributed by atoms with Crippen LogP contribution in [-0.2, 0) is 20.9 Å². The van der Waals surface area contributed by atoms with Crippen LogP contribution in [0.25, 0.3) is 10.6 Å². The Morgan fingerprint density at radius 2 is 2.04 bits per heavy atom. The maximum Gasteiger partial charge on any atom is 0.430 e. The van der Waals surface area contributed by atoms with E-state index in [9.17, 15) is 22.8 Å². The van der Waals surface area contributed by atoms with E-state index in [2.05, 4.69) is 15.4 Å². The topological polar surface area (TPSA) is 136 Å². The van der Waals surface area contributed by atoms with Crippen molar-refractivity contribution in [2.24, 2.45) is 0 Å². The van der Waals surface area contributed by atoms with Crippen molar-refractivity contribution in [3.05, 3.63) is 30.0 Å². The highest BCUT2D eigenvalue weighted by atomic mass is 32.1. The summed E-state index contributed by atoms with van der Waals surface area (Å²) in [6.45, 7) is 1.37. The van der Waals surface area contributed by atoms with Gasteiger partial charge in [-0.1, -0.05) is 4.68 Å². The Morgan fingerprint density at radius 3 is 2.44 bits per heavy atom. The van der Waals surface area contributed by atoms with Crippen LogP contribution in [0.1, 0.15) is 6.92 Å². The second-order valence-electron chi connectivity index (χ2n) is 4.86. The number of carboxylic acids is 2. The molecule has 1 amide bonds. The van der Waals surface area contributed by atoms with Crippen LogP contribution >= 0.6 is 11.3 Å². The van der Waals surface area contributed by atoms with Gasteiger partial charge >= 0.3 is 12.1 Å². The monoisotopic (exact) mass is 406 g/mol. The SMILES string of the molecule is CC(NC(=O)C[n+]1ccc(-c2nccs2)cn1)C(=O)O.O=C([O-])C(F)(F)F. The second kappa shape index (κ2) is 9.56. The minimum Gasteiger partial charge on any atom is -0.542 e. The summed E-state index contributed by atoms with van der Waals surface area (Å²) in [6, 6.07) is 0.886. The average molecular weight is 406 g/mol. The summed E-state index contributed by atoms with van der Waals surface area (Å²) in [5.41, 5.74) is 0.871. The maximum atomic E-state index is 11.6. The number of halogens is 3. The predicted octanol–water partition coefficient (Wildman–Crippen LogP) is -0.619. The summed E-state index contributed by atoms with van der Waals surface area (Å²) in [7, 11) is 0. The van der Waals surface area contributed by atoms with Crippen LogP contribution in [-0.4, -0.2) is 45.3 Å². The van der Waals surface area contributed by atoms with E-state index in [1.807, 2.05) is 5.38 Å². The molecule has 0 aliphatic rings. The highest BCUT2D eigenvalue weighted by Crippen LogP contribution is 2.18. The normalized spacial score (nSPS) is 11.7. The Kier molecular flexibility index (Phi) is 7.78. The number of aliphatic carboxylic acids is 2. The molecule has 2 aromatic heterocycles. The Morgan fingerprint density at radius 1 is 1.41 bits per heavy atom. The van der Waals surface area contributed by atoms with Crippen LogP contribution in [0.4, 0.5) is 13.2 Å². The van der Waals surface area contributed by atoms with Crippen LogP contribution in [0.2, 0.25) is 0 Å². The molecule has 2 N–H and O–H groups in total. The summed E-state index contributed by atoms with van der Waals surface area (Å²) in [6.07, 6.45) is -0.212. The number of carboxylic acid groups (broad SMARTS) is 2. The minimum atomic E-state index is -5.19. The Labute approximate surface area is 154 Å². The third-order valence-corrected chi connectivity index (χ3v) is 3.56. The van der Waals surface area contributed by atoms with E-state index in [4.69, 9.17) is 15.0 Å². The van der Waals surface area contributed by atoms with Crippen LogP contribution in [0, 0.1) is 0 Å². The molecule has 0 spiro atoms. The quantitative estimate of drug-likeness (QED) is 0.632. The first kappa shape index (κ1) is 22.0. The van der Waals surface area contributed by atoms with Crippen molar-refractivity contribution in [2.45, 2.75) is 25.7 Å². The van der Waals surface area contributed by atoms with E-state index in [-0.39, 0.29) is 6.54 Å². The lowest BCUT2D eigenvalue weighted by atomic mass is 10.3. The lowest BCUT2D eigenvalue weighted by molar-refractivity contribution is -0.742. The molecule has 2 heterocycles. The molecule has 9 nitrogen and oxygen atoms in total. The van der Waals surface area contributed by atoms with E-state index in [1.165, 1.54) is 22.9 Å². The van der Waals surface area contributed by atoms with Crippen molar-refractivity contribution in [2.75, 3.05) is 0 Å². The fourth-order valence-electron chi connectivity index (χ4n) is 1.47. The van der Waals surface area contributed by atoms with Gasteiger partial charge in [0.25, 0.3) is 12.5 Å². The Bertz CT molecular complexity index is 781.